The van der Waals surface area contributed by atoms with E-state index in [-0.39, 0.29) is 6.17 Å². The van der Waals surface area contributed by atoms with Crippen molar-refractivity contribution in [2.75, 3.05) is 7.05 Å². The van der Waals surface area contributed by atoms with Crippen LogP contribution in [-0.2, 0) is 0 Å². The summed E-state index contributed by atoms with van der Waals surface area (Å²) in [5, 5.41) is 0. The molecule has 0 saturated heterocycles. The minimum absolute atomic E-state index is 0.0934. The number of rotatable bonds is 3. The lowest BCUT2D eigenvalue weighted by atomic mass is 10.1. The average Bonchev–Trinajstić information content (AvgIpc) is 2.70. The minimum atomic E-state index is -0.0934. The fourth-order valence-corrected chi connectivity index (χ4v) is 3.03. The van der Waals surface area contributed by atoms with Crippen LogP contribution >= 0.6 is 0 Å². The molecular weight excluding hydrogens is 306 g/mol. The molecule has 1 atom stereocenters. The number of amidine groups is 2. The molecule has 1 aliphatic rings. The summed E-state index contributed by atoms with van der Waals surface area (Å²) in [6.07, 6.45) is -0.0934. The highest BCUT2D eigenvalue weighted by Crippen LogP contribution is 2.28. The third kappa shape index (κ3) is 3.09. The Balaban J connectivity index is 1.84. The Kier molecular flexibility index (Phi) is 4.13. The number of hydrogen-bond acceptors (Lipinski definition) is 3. The maximum Gasteiger partial charge on any atom is 0.159 e. The third-order valence-electron chi connectivity index (χ3n) is 4.32. The zero-order valence-electron chi connectivity index (χ0n) is 14.1. The Morgan fingerprint density at radius 1 is 0.680 bits per heavy atom. The molecule has 1 aliphatic heterocycles. The van der Waals surface area contributed by atoms with Crippen molar-refractivity contribution in [2.45, 2.75) is 6.17 Å². The van der Waals surface area contributed by atoms with Gasteiger partial charge >= 0.3 is 0 Å². The Morgan fingerprint density at radius 3 is 1.80 bits per heavy atom. The minimum Gasteiger partial charge on any atom is -0.333 e. The average molecular weight is 325 g/mol. The van der Waals surface area contributed by atoms with Crippen molar-refractivity contribution >= 4 is 11.7 Å². The summed E-state index contributed by atoms with van der Waals surface area (Å²) < 4.78 is 0. The molecular formula is C22H19N3. The summed E-state index contributed by atoms with van der Waals surface area (Å²) >= 11 is 0. The maximum absolute atomic E-state index is 4.93. The Morgan fingerprint density at radius 2 is 1.20 bits per heavy atom. The first-order valence-corrected chi connectivity index (χ1v) is 8.38. The van der Waals surface area contributed by atoms with E-state index >= 15 is 0 Å². The summed E-state index contributed by atoms with van der Waals surface area (Å²) in [5.41, 5.74) is 3.28. The van der Waals surface area contributed by atoms with Crippen LogP contribution in [0.2, 0.25) is 0 Å². The van der Waals surface area contributed by atoms with E-state index in [4.69, 9.17) is 9.98 Å². The first-order chi connectivity index (χ1) is 12.3. The summed E-state index contributed by atoms with van der Waals surface area (Å²) in [6, 6.07) is 30.8. The van der Waals surface area contributed by atoms with Gasteiger partial charge in [-0.05, 0) is 5.56 Å². The van der Waals surface area contributed by atoms with Crippen LogP contribution in [0.3, 0.4) is 0 Å². The molecule has 3 aromatic carbocycles. The van der Waals surface area contributed by atoms with Crippen molar-refractivity contribution in [3.63, 3.8) is 0 Å². The van der Waals surface area contributed by atoms with E-state index in [2.05, 4.69) is 60.5 Å². The molecule has 3 heteroatoms. The van der Waals surface area contributed by atoms with Gasteiger partial charge in [0, 0.05) is 18.2 Å². The van der Waals surface area contributed by atoms with Crippen LogP contribution in [0, 0.1) is 0 Å². The fourth-order valence-electron chi connectivity index (χ4n) is 3.03. The van der Waals surface area contributed by atoms with Gasteiger partial charge in [0.15, 0.2) is 5.84 Å². The van der Waals surface area contributed by atoms with Gasteiger partial charge in [-0.15, -0.1) is 0 Å². The van der Waals surface area contributed by atoms with Gasteiger partial charge in [-0.25, -0.2) is 9.98 Å². The lowest BCUT2D eigenvalue weighted by Gasteiger charge is -2.32. The summed E-state index contributed by atoms with van der Waals surface area (Å²) in [5.74, 6) is 1.70. The molecule has 0 bridgehead atoms. The molecule has 0 N–H and O–H groups in total. The molecule has 3 nitrogen and oxygen atoms in total. The second-order valence-corrected chi connectivity index (χ2v) is 6.02. The maximum atomic E-state index is 4.93. The van der Waals surface area contributed by atoms with Crippen LogP contribution in [0.4, 0.5) is 0 Å². The molecule has 122 valence electrons. The van der Waals surface area contributed by atoms with Gasteiger partial charge in [0.05, 0.1) is 0 Å². The summed E-state index contributed by atoms with van der Waals surface area (Å²) in [7, 11) is 2.05. The molecule has 0 saturated carbocycles. The first-order valence-electron chi connectivity index (χ1n) is 8.38. The van der Waals surface area contributed by atoms with Gasteiger partial charge in [-0.2, -0.15) is 0 Å². The normalized spacial score (nSPS) is 17.0. The smallest absolute Gasteiger partial charge is 0.159 e. The molecule has 0 spiro atoms. The third-order valence-corrected chi connectivity index (χ3v) is 4.32. The molecule has 25 heavy (non-hydrogen) atoms. The van der Waals surface area contributed by atoms with Crippen LogP contribution in [-0.4, -0.2) is 23.6 Å². The van der Waals surface area contributed by atoms with Crippen molar-refractivity contribution in [3.8, 4) is 0 Å². The topological polar surface area (TPSA) is 28.0 Å². The zero-order valence-corrected chi connectivity index (χ0v) is 14.1. The number of nitrogens with zero attached hydrogens (tertiary/aromatic N) is 3. The van der Waals surface area contributed by atoms with Crippen LogP contribution in [0.5, 0.6) is 0 Å². The Labute approximate surface area is 148 Å². The summed E-state index contributed by atoms with van der Waals surface area (Å²) in [4.78, 5) is 11.9. The highest BCUT2D eigenvalue weighted by molar-refractivity contribution is 6.12. The van der Waals surface area contributed by atoms with Crippen molar-refractivity contribution < 1.29 is 0 Å². The highest BCUT2D eigenvalue weighted by atomic mass is 15.3. The largest absolute Gasteiger partial charge is 0.333 e. The second-order valence-electron chi connectivity index (χ2n) is 6.02. The Hall–Kier alpha value is -3.20. The predicted molar refractivity (Wildman–Crippen MR) is 103 cm³/mol. The van der Waals surface area contributed by atoms with Crippen molar-refractivity contribution in [1.82, 2.24) is 4.90 Å². The van der Waals surface area contributed by atoms with Crippen molar-refractivity contribution in [1.29, 1.82) is 0 Å². The molecule has 0 radical (unpaired) electrons. The van der Waals surface area contributed by atoms with Gasteiger partial charge in [0.2, 0.25) is 0 Å². The van der Waals surface area contributed by atoms with E-state index in [1.54, 1.807) is 0 Å². The van der Waals surface area contributed by atoms with Crippen LogP contribution < -0.4 is 0 Å². The first kappa shape index (κ1) is 15.3. The van der Waals surface area contributed by atoms with E-state index in [0.717, 1.165) is 28.4 Å². The quantitative estimate of drug-likeness (QED) is 0.695. The fraction of sp³-hybridized carbons (Fsp3) is 0.0909. The van der Waals surface area contributed by atoms with Gasteiger partial charge in [0.25, 0.3) is 0 Å². The highest BCUT2D eigenvalue weighted by Gasteiger charge is 2.26. The molecule has 0 aliphatic carbocycles. The van der Waals surface area contributed by atoms with Gasteiger partial charge in [0.1, 0.15) is 12.0 Å². The molecule has 0 aromatic heterocycles. The van der Waals surface area contributed by atoms with E-state index in [1.165, 1.54) is 0 Å². The standard InChI is InChI=1S/C22H19N3/c1-25-21(18-13-7-3-8-14-18)23-20(17-11-5-2-6-12-17)24-22(25)19-15-9-4-10-16-19/h2-16,21H,1H3. The number of benzene rings is 3. The zero-order chi connectivity index (χ0) is 17.1. The van der Waals surface area contributed by atoms with Crippen molar-refractivity contribution in [3.05, 3.63) is 108 Å². The van der Waals surface area contributed by atoms with E-state index in [0.29, 0.717) is 0 Å². The molecule has 3 aromatic rings. The van der Waals surface area contributed by atoms with Crippen LogP contribution in [0.1, 0.15) is 22.9 Å². The number of hydrogen-bond donors (Lipinski definition) is 0. The van der Waals surface area contributed by atoms with Gasteiger partial charge < -0.3 is 4.90 Å². The lowest BCUT2D eigenvalue weighted by molar-refractivity contribution is 0.383. The molecule has 0 fully saturated rings. The lowest BCUT2D eigenvalue weighted by Crippen LogP contribution is -2.35. The van der Waals surface area contributed by atoms with Crippen LogP contribution in [0.15, 0.2) is 101 Å². The molecule has 1 heterocycles. The molecule has 1 unspecified atom stereocenters. The SMILES string of the molecule is CN1C(c2ccccc2)=NC(c2ccccc2)=NC1c1ccccc1. The van der Waals surface area contributed by atoms with Gasteiger partial charge in [-0.1, -0.05) is 91.0 Å². The van der Waals surface area contributed by atoms with Crippen LogP contribution in [0.25, 0.3) is 0 Å². The summed E-state index contributed by atoms with van der Waals surface area (Å²) in [6.45, 7) is 0. The Bertz CT molecular complexity index is 900. The van der Waals surface area contributed by atoms with E-state index in [9.17, 15) is 0 Å². The van der Waals surface area contributed by atoms with Crippen molar-refractivity contribution in [2.24, 2.45) is 9.98 Å². The molecule has 0 amide bonds. The second kappa shape index (κ2) is 6.73. The monoisotopic (exact) mass is 325 g/mol. The molecule has 4 rings (SSSR count). The van der Waals surface area contributed by atoms with E-state index < -0.39 is 0 Å². The number of aliphatic imine (C=N–C) groups is 2. The predicted octanol–water partition coefficient (Wildman–Crippen LogP) is 4.52. The van der Waals surface area contributed by atoms with E-state index in [1.807, 2.05) is 42.5 Å². The van der Waals surface area contributed by atoms with Gasteiger partial charge in [-0.3, -0.25) is 0 Å².